The number of hydrazine groups is 1. The van der Waals surface area contributed by atoms with Crippen molar-refractivity contribution in [3.63, 3.8) is 0 Å². The van der Waals surface area contributed by atoms with Gasteiger partial charge in [-0.3, -0.25) is 4.79 Å². The Labute approximate surface area is 134 Å². The fourth-order valence-electron chi connectivity index (χ4n) is 1.81. The molecular formula is C17H18N4O2. The van der Waals surface area contributed by atoms with Crippen LogP contribution in [0.5, 0.6) is 0 Å². The van der Waals surface area contributed by atoms with Crippen LogP contribution in [0.3, 0.4) is 0 Å². The van der Waals surface area contributed by atoms with E-state index in [9.17, 15) is 9.90 Å². The van der Waals surface area contributed by atoms with Crippen LogP contribution in [0.25, 0.3) is 0 Å². The van der Waals surface area contributed by atoms with E-state index in [-0.39, 0.29) is 11.5 Å². The third-order valence-electron chi connectivity index (χ3n) is 3.10. The maximum atomic E-state index is 12.4. The number of amides is 1. The third kappa shape index (κ3) is 4.24. The number of allylic oxidation sites excluding steroid dienone is 1. The lowest BCUT2D eigenvalue weighted by molar-refractivity contribution is -0.115. The van der Waals surface area contributed by atoms with Crippen LogP contribution in [-0.2, 0) is 4.79 Å². The van der Waals surface area contributed by atoms with Crippen molar-refractivity contribution in [3.05, 3.63) is 71.6 Å². The minimum atomic E-state index is -0.646. The maximum absolute atomic E-state index is 12.4. The van der Waals surface area contributed by atoms with Crippen LogP contribution in [0.15, 0.2) is 76.3 Å². The Bertz CT molecular complexity index is 733. The Balaban J connectivity index is 2.24. The average molecular weight is 310 g/mol. The van der Waals surface area contributed by atoms with Gasteiger partial charge in [-0.05, 0) is 38.1 Å². The molecule has 0 radical (unpaired) electrons. The highest BCUT2D eigenvalue weighted by Crippen LogP contribution is 2.18. The van der Waals surface area contributed by atoms with Gasteiger partial charge in [0.25, 0.3) is 5.91 Å². The van der Waals surface area contributed by atoms with E-state index in [1.807, 2.05) is 25.1 Å². The summed E-state index contributed by atoms with van der Waals surface area (Å²) >= 11 is 0. The Hall–Kier alpha value is -2.99. The van der Waals surface area contributed by atoms with Crippen molar-refractivity contribution in [2.24, 2.45) is 16.1 Å². The number of nitrogens with two attached hydrogens (primary N) is 1. The number of benzene rings is 2. The molecule has 1 amide bonds. The van der Waals surface area contributed by atoms with Crippen LogP contribution in [0.4, 0.5) is 11.4 Å². The number of carbonyl (C=O) groups excluding carboxylic acids is 1. The number of nitrogens with zero attached hydrogens (tertiary/aromatic N) is 3. The molecule has 0 aromatic heterocycles. The van der Waals surface area contributed by atoms with Gasteiger partial charge in [-0.15, -0.1) is 5.11 Å². The number of aliphatic hydroxyl groups excluding tert-OH is 1. The van der Waals surface area contributed by atoms with Gasteiger partial charge < -0.3 is 5.11 Å². The first-order chi connectivity index (χ1) is 11.0. The molecule has 0 atom stereocenters. The molecule has 0 unspecified atom stereocenters. The van der Waals surface area contributed by atoms with Crippen LogP contribution in [0.2, 0.25) is 0 Å². The average Bonchev–Trinajstić information content (AvgIpc) is 2.56. The molecule has 2 aromatic carbocycles. The van der Waals surface area contributed by atoms with Gasteiger partial charge in [0.1, 0.15) is 5.76 Å². The largest absolute Gasteiger partial charge is 0.510 e. The van der Waals surface area contributed by atoms with Crippen molar-refractivity contribution in [1.82, 2.24) is 0 Å². The highest BCUT2D eigenvalue weighted by Gasteiger charge is 2.19. The number of anilines is 1. The summed E-state index contributed by atoms with van der Waals surface area (Å²) in [4.78, 5) is 12.4. The molecule has 0 aliphatic carbocycles. The number of para-hydroxylation sites is 1. The monoisotopic (exact) mass is 310 g/mol. The van der Waals surface area contributed by atoms with E-state index in [2.05, 4.69) is 10.2 Å². The second kappa shape index (κ2) is 7.33. The number of rotatable bonds is 4. The summed E-state index contributed by atoms with van der Waals surface area (Å²) < 4.78 is 0. The van der Waals surface area contributed by atoms with Gasteiger partial charge >= 0.3 is 0 Å². The van der Waals surface area contributed by atoms with E-state index in [1.165, 1.54) is 6.92 Å². The summed E-state index contributed by atoms with van der Waals surface area (Å²) in [5.41, 5.74) is 1.94. The molecule has 23 heavy (non-hydrogen) atoms. The molecule has 2 aromatic rings. The molecule has 3 N–H and O–H groups in total. The van der Waals surface area contributed by atoms with Crippen molar-refractivity contribution < 1.29 is 9.90 Å². The van der Waals surface area contributed by atoms with Gasteiger partial charge in [0.2, 0.25) is 0 Å². The summed E-state index contributed by atoms with van der Waals surface area (Å²) in [6.07, 6.45) is 0. The maximum Gasteiger partial charge on any atom is 0.296 e. The van der Waals surface area contributed by atoms with Crippen molar-refractivity contribution in [3.8, 4) is 0 Å². The molecule has 0 aliphatic rings. The molecule has 0 saturated carbocycles. The zero-order chi connectivity index (χ0) is 16.8. The smallest absolute Gasteiger partial charge is 0.296 e. The van der Waals surface area contributed by atoms with Crippen molar-refractivity contribution >= 4 is 17.3 Å². The summed E-state index contributed by atoms with van der Waals surface area (Å²) in [6.45, 7) is 3.32. The lowest BCUT2D eigenvalue weighted by atomic mass is 10.2. The molecule has 6 nitrogen and oxygen atoms in total. The molecule has 0 bridgehead atoms. The lowest BCUT2D eigenvalue weighted by Gasteiger charge is -2.16. The van der Waals surface area contributed by atoms with Gasteiger partial charge in [-0.1, -0.05) is 35.9 Å². The van der Waals surface area contributed by atoms with E-state index in [4.69, 9.17) is 5.84 Å². The van der Waals surface area contributed by atoms with Crippen LogP contribution in [0.1, 0.15) is 12.5 Å². The topological polar surface area (TPSA) is 91.3 Å². The molecule has 6 heteroatoms. The second-order valence-electron chi connectivity index (χ2n) is 4.98. The zero-order valence-electron chi connectivity index (χ0n) is 13.0. The van der Waals surface area contributed by atoms with Gasteiger partial charge in [0, 0.05) is 0 Å². The van der Waals surface area contributed by atoms with Gasteiger partial charge in [0.15, 0.2) is 5.70 Å². The third-order valence-corrected chi connectivity index (χ3v) is 3.10. The fraction of sp³-hybridized carbons (Fsp3) is 0.118. The number of aliphatic hydroxyl groups is 1. The van der Waals surface area contributed by atoms with E-state index in [0.29, 0.717) is 11.4 Å². The minimum absolute atomic E-state index is 0.211. The molecule has 0 spiro atoms. The van der Waals surface area contributed by atoms with Gasteiger partial charge in [-0.2, -0.15) is 5.11 Å². The number of aryl methyl sites for hydroxylation is 1. The normalized spacial score (nSPS) is 12.1. The Morgan fingerprint density at radius 1 is 1.09 bits per heavy atom. The summed E-state index contributed by atoms with van der Waals surface area (Å²) in [5, 5.41) is 18.5. The van der Waals surface area contributed by atoms with E-state index in [1.54, 1.807) is 36.4 Å². The first kappa shape index (κ1) is 16.4. The van der Waals surface area contributed by atoms with E-state index >= 15 is 0 Å². The standard InChI is InChI=1S/C17H18N4O2/c1-12-8-10-14(11-9-12)19-20-16(13(2)22)17(23)21(18)15-6-4-3-5-7-15/h3-11,22H,18H2,1-2H3. The summed E-state index contributed by atoms with van der Waals surface area (Å²) in [6, 6.07) is 16.0. The van der Waals surface area contributed by atoms with Gasteiger partial charge in [-0.25, -0.2) is 10.9 Å². The van der Waals surface area contributed by atoms with E-state index < -0.39 is 5.91 Å². The molecule has 0 fully saturated rings. The second-order valence-corrected chi connectivity index (χ2v) is 4.98. The predicted molar refractivity (Wildman–Crippen MR) is 89.1 cm³/mol. The Morgan fingerprint density at radius 2 is 1.70 bits per heavy atom. The zero-order valence-corrected chi connectivity index (χ0v) is 13.0. The fourth-order valence-corrected chi connectivity index (χ4v) is 1.81. The highest BCUT2D eigenvalue weighted by molar-refractivity contribution is 6.04. The predicted octanol–water partition coefficient (Wildman–Crippen LogP) is 3.78. The number of hydrogen-bond acceptors (Lipinski definition) is 5. The molecular weight excluding hydrogens is 292 g/mol. The minimum Gasteiger partial charge on any atom is -0.510 e. The van der Waals surface area contributed by atoms with Gasteiger partial charge in [0.05, 0.1) is 11.4 Å². The molecule has 0 heterocycles. The summed E-state index contributed by atoms with van der Waals surface area (Å²) in [7, 11) is 0. The number of carbonyl (C=O) groups is 1. The van der Waals surface area contributed by atoms with Crippen LogP contribution < -0.4 is 10.9 Å². The Morgan fingerprint density at radius 3 is 2.26 bits per heavy atom. The highest BCUT2D eigenvalue weighted by atomic mass is 16.3. The number of hydrogen-bond donors (Lipinski definition) is 2. The SMILES string of the molecule is CC(O)=C(N=Nc1ccc(C)cc1)C(=O)N(N)c1ccccc1. The lowest BCUT2D eigenvalue weighted by Crippen LogP contribution is -2.38. The van der Waals surface area contributed by atoms with Crippen molar-refractivity contribution in [2.75, 3.05) is 5.01 Å². The van der Waals surface area contributed by atoms with Crippen LogP contribution in [0, 0.1) is 6.92 Å². The molecule has 0 aliphatic heterocycles. The van der Waals surface area contributed by atoms with Crippen LogP contribution >= 0.6 is 0 Å². The summed E-state index contributed by atoms with van der Waals surface area (Å²) in [5.74, 6) is 4.90. The van der Waals surface area contributed by atoms with Crippen LogP contribution in [-0.4, -0.2) is 11.0 Å². The van der Waals surface area contributed by atoms with E-state index in [0.717, 1.165) is 10.6 Å². The van der Waals surface area contributed by atoms with Crippen molar-refractivity contribution in [1.29, 1.82) is 0 Å². The number of azo groups is 1. The first-order valence-electron chi connectivity index (χ1n) is 7.01. The first-order valence-corrected chi connectivity index (χ1v) is 7.01. The Kier molecular flexibility index (Phi) is 5.22. The molecule has 2 rings (SSSR count). The molecule has 0 saturated heterocycles. The quantitative estimate of drug-likeness (QED) is 0.225. The van der Waals surface area contributed by atoms with Crippen molar-refractivity contribution in [2.45, 2.75) is 13.8 Å². The molecule has 118 valence electrons.